The molecule has 0 bridgehead atoms. The Morgan fingerprint density at radius 3 is 2.42 bits per heavy atom. The SMILES string of the molecule is CCCC(NC(=O)C(O)c1cc(F)cc(F)c1)C(=O)Nc1cc(CC(C)CCCC(C)(C)OC)on1. The number of aliphatic hydroxyl groups excluding tert-OH is 1. The first-order valence-corrected chi connectivity index (χ1v) is 12.2. The summed E-state index contributed by atoms with van der Waals surface area (Å²) in [6.07, 6.45) is 2.59. The van der Waals surface area contributed by atoms with E-state index < -0.39 is 35.6 Å². The zero-order chi connectivity index (χ0) is 26.9. The van der Waals surface area contributed by atoms with Crippen molar-refractivity contribution in [1.82, 2.24) is 10.5 Å². The van der Waals surface area contributed by atoms with E-state index in [1.165, 1.54) is 0 Å². The maximum atomic E-state index is 13.4. The van der Waals surface area contributed by atoms with Gasteiger partial charge in [0.25, 0.3) is 5.91 Å². The highest BCUT2D eigenvalue weighted by molar-refractivity contribution is 5.97. The standard InChI is InChI=1S/C26H37F2N3O5/c1-6-8-21(29-25(34)23(32)17-12-18(27)14-19(28)13-17)24(33)30-22-15-20(36-31-22)11-16(2)9-7-10-26(3,4)35-5/h12-16,21,23,32H,6-11H2,1-5H3,(H,29,34)(H,30,31,33). The molecule has 0 saturated carbocycles. The van der Waals surface area contributed by atoms with Crippen LogP contribution >= 0.6 is 0 Å². The number of methoxy groups -OCH3 is 1. The average Bonchev–Trinajstić information content (AvgIpc) is 3.23. The Hall–Kier alpha value is -2.85. The van der Waals surface area contributed by atoms with Crippen molar-refractivity contribution in [2.24, 2.45) is 5.92 Å². The summed E-state index contributed by atoms with van der Waals surface area (Å²) in [5.41, 5.74) is -0.404. The van der Waals surface area contributed by atoms with Crippen LogP contribution in [0.4, 0.5) is 14.6 Å². The van der Waals surface area contributed by atoms with Gasteiger partial charge in [-0.1, -0.05) is 38.3 Å². The lowest BCUT2D eigenvalue weighted by Crippen LogP contribution is -2.45. The number of anilines is 1. The van der Waals surface area contributed by atoms with E-state index in [4.69, 9.17) is 9.26 Å². The predicted molar refractivity (Wildman–Crippen MR) is 131 cm³/mol. The summed E-state index contributed by atoms with van der Waals surface area (Å²) >= 11 is 0. The summed E-state index contributed by atoms with van der Waals surface area (Å²) < 4.78 is 37.7. The highest BCUT2D eigenvalue weighted by atomic mass is 19.1. The quantitative estimate of drug-likeness (QED) is 0.341. The summed E-state index contributed by atoms with van der Waals surface area (Å²) in [6, 6.07) is 3.01. The van der Waals surface area contributed by atoms with Crippen molar-refractivity contribution in [2.45, 2.75) is 84.0 Å². The molecule has 10 heteroatoms. The van der Waals surface area contributed by atoms with Gasteiger partial charge in [-0.2, -0.15) is 0 Å². The lowest BCUT2D eigenvalue weighted by atomic mass is 9.94. The van der Waals surface area contributed by atoms with Crippen LogP contribution in [0, 0.1) is 17.6 Å². The first-order chi connectivity index (χ1) is 16.9. The first-order valence-electron chi connectivity index (χ1n) is 12.2. The second-order valence-electron chi connectivity index (χ2n) is 9.79. The second-order valence-corrected chi connectivity index (χ2v) is 9.79. The van der Waals surface area contributed by atoms with Crippen molar-refractivity contribution in [3.63, 3.8) is 0 Å². The number of rotatable bonds is 14. The number of hydrogen-bond donors (Lipinski definition) is 3. The Kier molecular flexibility index (Phi) is 11.0. The zero-order valence-corrected chi connectivity index (χ0v) is 21.6. The molecule has 8 nitrogen and oxygen atoms in total. The van der Waals surface area contributed by atoms with Gasteiger partial charge < -0.3 is 25.0 Å². The largest absolute Gasteiger partial charge is 0.379 e. The molecule has 3 unspecified atom stereocenters. The van der Waals surface area contributed by atoms with Gasteiger partial charge in [0.2, 0.25) is 5.91 Å². The Morgan fingerprint density at radius 2 is 1.81 bits per heavy atom. The van der Waals surface area contributed by atoms with Crippen LogP contribution in [0.2, 0.25) is 0 Å². The molecular formula is C26H37F2N3O5. The lowest BCUT2D eigenvalue weighted by molar-refractivity contribution is -0.133. The van der Waals surface area contributed by atoms with Gasteiger partial charge in [0.15, 0.2) is 11.9 Å². The van der Waals surface area contributed by atoms with Crippen LogP contribution in [-0.4, -0.2) is 40.8 Å². The van der Waals surface area contributed by atoms with Crippen molar-refractivity contribution in [2.75, 3.05) is 12.4 Å². The van der Waals surface area contributed by atoms with E-state index in [0.29, 0.717) is 30.6 Å². The summed E-state index contributed by atoms with van der Waals surface area (Å²) in [6.45, 7) is 8.05. The Morgan fingerprint density at radius 1 is 1.14 bits per heavy atom. The third-order valence-electron chi connectivity index (χ3n) is 6.05. The third-order valence-corrected chi connectivity index (χ3v) is 6.05. The number of nitrogens with zero attached hydrogens (tertiary/aromatic N) is 1. The van der Waals surface area contributed by atoms with Crippen molar-refractivity contribution < 1.29 is 32.7 Å². The van der Waals surface area contributed by atoms with E-state index in [1.54, 1.807) is 13.2 Å². The molecule has 1 aromatic heterocycles. The van der Waals surface area contributed by atoms with Gasteiger partial charge in [-0.25, -0.2) is 8.78 Å². The fourth-order valence-corrected chi connectivity index (χ4v) is 3.80. The Bertz CT molecular complexity index is 991. The predicted octanol–water partition coefficient (Wildman–Crippen LogP) is 4.68. The number of benzene rings is 1. The number of carbonyl (C=O) groups is 2. The molecule has 0 aliphatic heterocycles. The monoisotopic (exact) mass is 509 g/mol. The van der Waals surface area contributed by atoms with E-state index in [1.807, 2.05) is 6.92 Å². The summed E-state index contributed by atoms with van der Waals surface area (Å²) in [5, 5.41) is 19.2. The molecule has 0 radical (unpaired) electrons. The van der Waals surface area contributed by atoms with E-state index in [0.717, 1.165) is 31.4 Å². The molecule has 0 fully saturated rings. The minimum absolute atomic E-state index is 0.155. The highest BCUT2D eigenvalue weighted by Gasteiger charge is 2.26. The van der Waals surface area contributed by atoms with Gasteiger partial charge in [-0.05, 0) is 50.3 Å². The summed E-state index contributed by atoms with van der Waals surface area (Å²) in [5.74, 6) is -2.15. The normalized spacial score (nSPS) is 14.2. The van der Waals surface area contributed by atoms with Crippen LogP contribution in [0.15, 0.2) is 28.8 Å². The van der Waals surface area contributed by atoms with Crippen molar-refractivity contribution in [1.29, 1.82) is 0 Å². The van der Waals surface area contributed by atoms with Crippen molar-refractivity contribution in [3.8, 4) is 0 Å². The molecular weight excluding hydrogens is 472 g/mol. The van der Waals surface area contributed by atoms with Crippen LogP contribution in [0.5, 0.6) is 0 Å². The number of ether oxygens (including phenoxy) is 1. The molecule has 0 saturated heterocycles. The molecule has 200 valence electrons. The first kappa shape index (κ1) is 29.4. The number of hydrogen-bond acceptors (Lipinski definition) is 6. The van der Waals surface area contributed by atoms with Gasteiger partial charge in [-0.3, -0.25) is 9.59 Å². The number of carbonyl (C=O) groups excluding carboxylic acids is 2. The minimum Gasteiger partial charge on any atom is -0.379 e. The number of amides is 2. The molecule has 0 spiro atoms. The molecule has 3 N–H and O–H groups in total. The zero-order valence-electron chi connectivity index (χ0n) is 21.6. The van der Waals surface area contributed by atoms with E-state index in [-0.39, 0.29) is 23.4 Å². The van der Waals surface area contributed by atoms with Crippen LogP contribution in [0.25, 0.3) is 0 Å². The van der Waals surface area contributed by atoms with Gasteiger partial charge in [0.1, 0.15) is 23.4 Å². The topological polar surface area (TPSA) is 114 Å². The Labute approximate surface area is 210 Å². The fraction of sp³-hybridized carbons (Fsp3) is 0.577. The number of nitrogens with one attached hydrogen (secondary N) is 2. The van der Waals surface area contributed by atoms with Gasteiger partial charge in [0, 0.05) is 25.7 Å². The molecule has 2 amide bonds. The van der Waals surface area contributed by atoms with E-state index in [2.05, 4.69) is 36.6 Å². The molecule has 2 aromatic rings. The third kappa shape index (κ3) is 9.31. The molecule has 0 aliphatic rings. The van der Waals surface area contributed by atoms with Gasteiger partial charge >= 0.3 is 0 Å². The fourth-order valence-electron chi connectivity index (χ4n) is 3.80. The van der Waals surface area contributed by atoms with Crippen LogP contribution in [0.3, 0.4) is 0 Å². The summed E-state index contributed by atoms with van der Waals surface area (Å²) in [4.78, 5) is 25.3. The van der Waals surface area contributed by atoms with Crippen LogP contribution < -0.4 is 10.6 Å². The van der Waals surface area contributed by atoms with Crippen LogP contribution in [0.1, 0.15) is 77.2 Å². The Balaban J connectivity index is 1.93. The second kappa shape index (κ2) is 13.5. The minimum atomic E-state index is -1.84. The highest BCUT2D eigenvalue weighted by Crippen LogP contribution is 2.22. The van der Waals surface area contributed by atoms with Crippen LogP contribution in [-0.2, 0) is 20.7 Å². The average molecular weight is 510 g/mol. The van der Waals surface area contributed by atoms with Crippen molar-refractivity contribution in [3.05, 3.63) is 47.2 Å². The van der Waals surface area contributed by atoms with Gasteiger partial charge in [-0.15, -0.1) is 0 Å². The van der Waals surface area contributed by atoms with E-state index >= 15 is 0 Å². The maximum Gasteiger partial charge on any atom is 0.254 e. The lowest BCUT2D eigenvalue weighted by Gasteiger charge is -2.23. The molecule has 1 aromatic carbocycles. The summed E-state index contributed by atoms with van der Waals surface area (Å²) in [7, 11) is 1.71. The number of aliphatic hydroxyl groups is 1. The molecule has 1 heterocycles. The number of aromatic nitrogens is 1. The molecule has 36 heavy (non-hydrogen) atoms. The molecule has 0 aliphatic carbocycles. The maximum absolute atomic E-state index is 13.4. The van der Waals surface area contributed by atoms with E-state index in [9.17, 15) is 23.5 Å². The molecule has 3 atom stereocenters. The van der Waals surface area contributed by atoms with Crippen molar-refractivity contribution >= 4 is 17.6 Å². The molecule has 2 rings (SSSR count). The van der Waals surface area contributed by atoms with Gasteiger partial charge in [0.05, 0.1) is 5.60 Å². The smallest absolute Gasteiger partial charge is 0.254 e. The number of halogens is 2.